The second kappa shape index (κ2) is 9.64. The molecule has 1 aromatic rings. The average molecular weight is 522 g/mol. The number of hydrogen-bond acceptors (Lipinski definition) is 3. The smallest absolute Gasteiger partial charge is 0.254 e. The molecule has 0 radical (unpaired) electrons. The van der Waals surface area contributed by atoms with Crippen LogP contribution in [-0.2, 0) is 14.7 Å². The lowest BCUT2D eigenvalue weighted by Gasteiger charge is -2.38. The minimum atomic E-state index is -2.95. The van der Waals surface area contributed by atoms with Gasteiger partial charge in [-0.15, -0.1) is 0 Å². The Morgan fingerprint density at radius 1 is 1.08 bits per heavy atom. The van der Waals surface area contributed by atoms with Gasteiger partial charge >= 0.3 is 0 Å². The Balaban J connectivity index is 1.38. The summed E-state index contributed by atoms with van der Waals surface area (Å²) in [4.78, 5) is 16.3. The average Bonchev–Trinajstić information content (AvgIpc) is 3.20. The highest BCUT2D eigenvalue weighted by Gasteiger charge is 2.70. The maximum atomic E-state index is 14.7. The number of hydrogen-bond donors (Lipinski definition) is 0. The number of benzene rings is 1. The molecular weight excluding hydrogens is 480 g/mol. The van der Waals surface area contributed by atoms with E-state index in [0.29, 0.717) is 44.6 Å². The molecule has 36 heavy (non-hydrogen) atoms. The largest absolute Gasteiger partial charge is 0.341 e. The van der Waals surface area contributed by atoms with E-state index in [1.54, 1.807) is 19.0 Å². The van der Waals surface area contributed by atoms with Crippen molar-refractivity contribution in [3.63, 3.8) is 0 Å². The maximum absolute atomic E-state index is 14.7. The maximum Gasteiger partial charge on any atom is 0.254 e. The van der Waals surface area contributed by atoms with Gasteiger partial charge in [0.2, 0.25) is 5.91 Å². The summed E-state index contributed by atoms with van der Waals surface area (Å²) in [6.45, 7) is 2.64. The molecule has 0 N–H and O–H groups in total. The zero-order chi connectivity index (χ0) is 25.7. The van der Waals surface area contributed by atoms with Crippen molar-refractivity contribution in [1.29, 1.82) is 0 Å². The van der Waals surface area contributed by atoms with Gasteiger partial charge in [-0.2, -0.15) is 0 Å². The van der Waals surface area contributed by atoms with Crippen LogP contribution in [-0.4, -0.2) is 58.0 Å². The lowest BCUT2D eigenvalue weighted by atomic mass is 9.82. The number of rotatable bonds is 5. The predicted molar refractivity (Wildman–Crippen MR) is 139 cm³/mol. The standard InChI is InChI=1S/C28H41F2N3O2S/c1-20-11-12-25(23(18-20)21-8-5-4-6-9-21)36(35,31-2)33-17-7-10-24(33)26(34)32(3)22-13-15-27(16-14-22)19-28(27,29)30/h11-12,18,21-22,24H,4-10,13-17,19H2,1-3H3/t22?,24-,27?,36+/m0/s1. The van der Waals surface area contributed by atoms with Gasteiger partial charge in [-0.25, -0.2) is 21.7 Å². The highest BCUT2D eigenvalue weighted by Crippen LogP contribution is 2.67. The first-order valence-corrected chi connectivity index (χ1v) is 15.3. The van der Waals surface area contributed by atoms with E-state index in [1.165, 1.54) is 19.3 Å². The van der Waals surface area contributed by atoms with E-state index in [2.05, 4.69) is 17.4 Å². The number of nitrogens with zero attached hydrogens (tertiary/aromatic N) is 3. The molecule has 1 aromatic carbocycles. The molecule has 5 rings (SSSR count). The van der Waals surface area contributed by atoms with Crippen LogP contribution in [0.3, 0.4) is 0 Å². The molecule has 1 aliphatic heterocycles. The monoisotopic (exact) mass is 521 g/mol. The van der Waals surface area contributed by atoms with Crippen LogP contribution in [0.5, 0.6) is 0 Å². The van der Waals surface area contributed by atoms with E-state index in [-0.39, 0.29) is 18.4 Å². The molecule has 0 bridgehead atoms. The first-order valence-electron chi connectivity index (χ1n) is 13.8. The summed E-state index contributed by atoms with van der Waals surface area (Å²) in [6, 6.07) is 5.64. The fourth-order valence-electron chi connectivity index (χ4n) is 7.14. The van der Waals surface area contributed by atoms with Crippen molar-refractivity contribution in [2.75, 3.05) is 20.6 Å². The summed E-state index contributed by atoms with van der Waals surface area (Å²) in [5.74, 6) is -2.19. The molecule has 1 heterocycles. The fraction of sp³-hybridized carbons (Fsp3) is 0.750. The summed E-state index contributed by atoms with van der Waals surface area (Å²) in [5.41, 5.74) is 1.48. The Morgan fingerprint density at radius 2 is 1.75 bits per heavy atom. The summed E-state index contributed by atoms with van der Waals surface area (Å²) < 4.78 is 48.8. The molecule has 0 unspecified atom stereocenters. The number of halogens is 2. The number of aryl methyl sites for hydroxylation is 1. The van der Waals surface area contributed by atoms with E-state index in [0.717, 1.165) is 35.3 Å². The lowest BCUT2D eigenvalue weighted by Crippen LogP contribution is -2.50. The second-order valence-corrected chi connectivity index (χ2v) is 14.0. The zero-order valence-electron chi connectivity index (χ0n) is 22.0. The number of amides is 1. The minimum Gasteiger partial charge on any atom is -0.341 e. The van der Waals surface area contributed by atoms with Crippen molar-refractivity contribution in [2.24, 2.45) is 9.78 Å². The van der Waals surface area contributed by atoms with Crippen molar-refractivity contribution in [3.05, 3.63) is 29.3 Å². The van der Waals surface area contributed by atoms with E-state index in [9.17, 15) is 17.8 Å². The number of carbonyl (C=O) groups is 1. The van der Waals surface area contributed by atoms with Crippen molar-refractivity contribution < 1.29 is 17.8 Å². The lowest BCUT2D eigenvalue weighted by molar-refractivity contribution is -0.136. The molecule has 3 saturated carbocycles. The molecule has 4 fully saturated rings. The summed E-state index contributed by atoms with van der Waals surface area (Å²) in [7, 11) is 0.469. The molecule has 1 saturated heterocycles. The third kappa shape index (κ3) is 4.40. The van der Waals surface area contributed by atoms with Crippen LogP contribution >= 0.6 is 0 Å². The Labute approximate surface area is 215 Å². The van der Waals surface area contributed by atoms with Gasteiger partial charge in [0.25, 0.3) is 5.92 Å². The normalized spacial score (nSPS) is 32.2. The molecule has 5 nitrogen and oxygen atoms in total. The molecule has 200 valence electrons. The molecule has 0 aromatic heterocycles. The zero-order valence-corrected chi connectivity index (χ0v) is 22.8. The molecule has 3 aliphatic carbocycles. The molecule has 1 spiro atoms. The summed E-state index contributed by atoms with van der Waals surface area (Å²) in [6.07, 6.45) is 9.45. The van der Waals surface area contributed by atoms with Crippen LogP contribution in [0.1, 0.15) is 94.1 Å². The molecule has 2 atom stereocenters. The van der Waals surface area contributed by atoms with E-state index in [4.69, 9.17) is 0 Å². The Bertz CT molecular complexity index is 1120. The number of likely N-dealkylation sites (N-methyl/N-ethyl adjacent to an activating group) is 1. The van der Waals surface area contributed by atoms with E-state index >= 15 is 0 Å². The first kappa shape index (κ1) is 26.1. The summed E-state index contributed by atoms with van der Waals surface area (Å²) in [5, 5.41) is 0. The van der Waals surface area contributed by atoms with Gasteiger partial charge in [-0.05, 0) is 75.8 Å². The van der Waals surface area contributed by atoms with Crippen molar-refractivity contribution >= 4 is 15.8 Å². The highest BCUT2D eigenvalue weighted by molar-refractivity contribution is 7.91. The highest BCUT2D eigenvalue weighted by atomic mass is 32.2. The second-order valence-electron chi connectivity index (χ2n) is 11.7. The van der Waals surface area contributed by atoms with Crippen LogP contribution in [0.4, 0.5) is 8.78 Å². The van der Waals surface area contributed by atoms with Gasteiger partial charge in [-0.1, -0.05) is 37.0 Å². The van der Waals surface area contributed by atoms with Crippen molar-refractivity contribution in [1.82, 2.24) is 9.21 Å². The third-order valence-corrected chi connectivity index (χ3v) is 12.1. The van der Waals surface area contributed by atoms with Gasteiger partial charge in [0, 0.05) is 38.5 Å². The Kier molecular flexibility index (Phi) is 6.99. The topological polar surface area (TPSA) is 53.0 Å². The van der Waals surface area contributed by atoms with E-state index < -0.39 is 27.3 Å². The van der Waals surface area contributed by atoms with Crippen LogP contribution in [0, 0.1) is 12.3 Å². The Morgan fingerprint density at radius 3 is 2.36 bits per heavy atom. The Hall–Kier alpha value is -1.54. The molecule has 1 amide bonds. The van der Waals surface area contributed by atoms with Gasteiger partial charge in [0.05, 0.1) is 4.90 Å². The first-order chi connectivity index (χ1) is 17.1. The van der Waals surface area contributed by atoms with Crippen molar-refractivity contribution in [2.45, 2.75) is 113 Å². The number of alkyl halides is 2. The predicted octanol–water partition coefficient (Wildman–Crippen LogP) is 6.31. The third-order valence-electron chi connectivity index (χ3n) is 9.57. The van der Waals surface area contributed by atoms with E-state index in [1.807, 2.05) is 16.4 Å². The van der Waals surface area contributed by atoms with Gasteiger partial charge < -0.3 is 4.90 Å². The quantitative estimate of drug-likeness (QED) is 0.456. The van der Waals surface area contributed by atoms with Crippen LogP contribution in [0.15, 0.2) is 27.5 Å². The number of carbonyl (C=O) groups excluding carboxylic acids is 1. The van der Waals surface area contributed by atoms with Crippen LogP contribution in [0.2, 0.25) is 0 Å². The van der Waals surface area contributed by atoms with Gasteiger partial charge in [-0.3, -0.25) is 4.79 Å². The van der Waals surface area contributed by atoms with Crippen LogP contribution < -0.4 is 0 Å². The molecule has 8 heteroatoms. The minimum absolute atomic E-state index is 0.000721. The van der Waals surface area contributed by atoms with Crippen LogP contribution in [0.25, 0.3) is 0 Å². The summed E-state index contributed by atoms with van der Waals surface area (Å²) >= 11 is 0. The van der Waals surface area contributed by atoms with Gasteiger partial charge in [0.15, 0.2) is 0 Å². The molecule has 4 aliphatic rings. The fourth-order valence-corrected chi connectivity index (χ4v) is 9.49. The SMILES string of the molecule is CN=[S@](=O)(c1ccc(C)cc1C1CCCCC1)N1CCC[C@H]1C(=O)N(C)C1CCC2(CC1)CC2(F)F. The van der Waals surface area contributed by atoms with Gasteiger partial charge in [0.1, 0.15) is 16.0 Å². The van der Waals surface area contributed by atoms with Crippen molar-refractivity contribution in [3.8, 4) is 0 Å². The molecular formula is C28H41F2N3O2S.